The number of hydrogen-bond acceptors (Lipinski definition) is 4. The summed E-state index contributed by atoms with van der Waals surface area (Å²) in [6.07, 6.45) is 2.30. The molecule has 0 saturated heterocycles. The fraction of sp³-hybridized carbons (Fsp3) is 0.462. The van der Waals surface area contributed by atoms with Crippen molar-refractivity contribution in [2.75, 3.05) is 24.5 Å². The monoisotopic (exact) mass is 280 g/mol. The van der Waals surface area contributed by atoms with Gasteiger partial charge in [0.25, 0.3) is 5.91 Å². The van der Waals surface area contributed by atoms with Gasteiger partial charge in [0.2, 0.25) is 0 Å². The molecule has 0 bridgehead atoms. The molecule has 0 aliphatic carbocycles. The molecule has 1 rings (SSSR count). The maximum atomic E-state index is 11.7. The second-order valence-corrected chi connectivity index (χ2v) is 4.58. The first kappa shape index (κ1) is 15.4. The minimum atomic E-state index is -0.158. The number of nitrogens with zero attached hydrogens (tertiary/aromatic N) is 2. The van der Waals surface area contributed by atoms with Crippen LogP contribution in [0.15, 0.2) is 18.3 Å². The number of nitrogens with one attached hydrogen (secondary N) is 1. The van der Waals surface area contributed by atoms with Crippen molar-refractivity contribution < 1.29 is 4.79 Å². The van der Waals surface area contributed by atoms with Crippen molar-refractivity contribution in [2.45, 2.75) is 20.3 Å². The number of anilines is 1. The maximum absolute atomic E-state index is 11.7. The summed E-state index contributed by atoms with van der Waals surface area (Å²) in [6.45, 7) is 6.07. The summed E-state index contributed by atoms with van der Waals surface area (Å²) in [4.78, 5) is 18.4. The summed E-state index contributed by atoms with van der Waals surface area (Å²) in [7, 11) is 0. The van der Waals surface area contributed by atoms with E-state index in [9.17, 15) is 4.79 Å². The van der Waals surface area contributed by atoms with Crippen LogP contribution in [-0.2, 0) is 0 Å². The van der Waals surface area contributed by atoms with Crippen LogP contribution >= 0.6 is 12.2 Å². The summed E-state index contributed by atoms with van der Waals surface area (Å²) < 4.78 is 0. The Bertz CT molecular complexity index is 450. The number of thiocarbonyl (C=S) groups is 1. The summed E-state index contributed by atoms with van der Waals surface area (Å²) in [5.41, 5.74) is 6.90. The van der Waals surface area contributed by atoms with E-state index in [0.717, 1.165) is 18.8 Å². The lowest BCUT2D eigenvalue weighted by Gasteiger charge is -2.23. The average Bonchev–Trinajstić information content (AvgIpc) is 2.40. The molecule has 0 aromatic carbocycles. The Balaban J connectivity index is 2.83. The maximum Gasteiger partial charge on any atom is 0.269 e. The zero-order chi connectivity index (χ0) is 14.3. The van der Waals surface area contributed by atoms with Gasteiger partial charge < -0.3 is 16.0 Å². The van der Waals surface area contributed by atoms with Crippen LogP contribution in [0.4, 0.5) is 5.69 Å². The van der Waals surface area contributed by atoms with Gasteiger partial charge in [-0.2, -0.15) is 0 Å². The minimum Gasteiger partial charge on any atom is -0.393 e. The minimum absolute atomic E-state index is 0.158. The molecule has 0 aliphatic heterocycles. The Labute approximate surface area is 119 Å². The Morgan fingerprint density at radius 1 is 1.53 bits per heavy atom. The van der Waals surface area contributed by atoms with Gasteiger partial charge in [0, 0.05) is 37.9 Å². The van der Waals surface area contributed by atoms with Gasteiger partial charge >= 0.3 is 0 Å². The third-order valence-corrected chi connectivity index (χ3v) is 2.89. The van der Waals surface area contributed by atoms with E-state index in [0.29, 0.717) is 23.6 Å². The third-order valence-electron chi connectivity index (χ3n) is 2.69. The molecule has 104 valence electrons. The van der Waals surface area contributed by atoms with E-state index in [1.807, 2.05) is 19.9 Å². The summed E-state index contributed by atoms with van der Waals surface area (Å²) in [6, 6.07) is 3.67. The standard InChI is InChI=1S/C13H20N4OS/c1-3-15-13(18)11-9-10(5-7-16-11)17(4-2)8-6-12(14)19/h5,7,9H,3-4,6,8H2,1-2H3,(H2,14,19)(H,15,18). The molecule has 1 aromatic rings. The van der Waals surface area contributed by atoms with Crippen LogP contribution in [0.25, 0.3) is 0 Å². The highest BCUT2D eigenvalue weighted by atomic mass is 32.1. The molecular formula is C13H20N4OS. The zero-order valence-electron chi connectivity index (χ0n) is 11.3. The number of carbonyl (C=O) groups is 1. The van der Waals surface area contributed by atoms with Crippen LogP contribution < -0.4 is 16.0 Å². The predicted octanol–water partition coefficient (Wildman–Crippen LogP) is 1.33. The van der Waals surface area contributed by atoms with Crippen LogP contribution in [0.3, 0.4) is 0 Å². The number of pyridine rings is 1. The highest BCUT2D eigenvalue weighted by Crippen LogP contribution is 2.14. The molecule has 5 nitrogen and oxygen atoms in total. The average molecular weight is 280 g/mol. The quantitative estimate of drug-likeness (QED) is 0.737. The topological polar surface area (TPSA) is 71.2 Å². The fourth-order valence-corrected chi connectivity index (χ4v) is 1.80. The first-order chi connectivity index (χ1) is 9.08. The lowest BCUT2D eigenvalue weighted by atomic mass is 10.2. The van der Waals surface area contributed by atoms with Crippen molar-refractivity contribution in [2.24, 2.45) is 5.73 Å². The lowest BCUT2D eigenvalue weighted by molar-refractivity contribution is 0.0951. The van der Waals surface area contributed by atoms with Gasteiger partial charge in [0.1, 0.15) is 5.69 Å². The van der Waals surface area contributed by atoms with Crippen LogP contribution in [0, 0.1) is 0 Å². The predicted molar refractivity (Wildman–Crippen MR) is 81.5 cm³/mol. The molecule has 0 spiro atoms. The molecule has 6 heteroatoms. The van der Waals surface area contributed by atoms with Gasteiger partial charge in [0.05, 0.1) is 4.99 Å². The van der Waals surface area contributed by atoms with Crippen LogP contribution in [0.1, 0.15) is 30.8 Å². The number of hydrogen-bond donors (Lipinski definition) is 2. The summed E-state index contributed by atoms with van der Waals surface area (Å²) in [5.74, 6) is -0.158. The summed E-state index contributed by atoms with van der Waals surface area (Å²) in [5, 5.41) is 2.74. The van der Waals surface area contributed by atoms with E-state index in [-0.39, 0.29) is 5.91 Å². The van der Waals surface area contributed by atoms with Crippen LogP contribution in [0.5, 0.6) is 0 Å². The molecule has 0 saturated carbocycles. The van der Waals surface area contributed by atoms with Crippen molar-refractivity contribution in [3.8, 4) is 0 Å². The fourth-order valence-electron chi connectivity index (χ4n) is 1.71. The zero-order valence-corrected chi connectivity index (χ0v) is 12.2. The molecule has 19 heavy (non-hydrogen) atoms. The number of rotatable bonds is 7. The molecule has 3 N–H and O–H groups in total. The van der Waals surface area contributed by atoms with Gasteiger partial charge in [0.15, 0.2) is 0 Å². The molecule has 0 fully saturated rings. The second kappa shape index (κ2) is 7.68. The van der Waals surface area contributed by atoms with Crippen molar-refractivity contribution in [3.63, 3.8) is 0 Å². The lowest BCUT2D eigenvalue weighted by Crippen LogP contribution is -2.28. The molecular weight excluding hydrogens is 260 g/mol. The van der Waals surface area contributed by atoms with E-state index >= 15 is 0 Å². The Morgan fingerprint density at radius 3 is 2.84 bits per heavy atom. The van der Waals surface area contributed by atoms with Crippen molar-refractivity contribution in [1.29, 1.82) is 0 Å². The number of amides is 1. The van der Waals surface area contributed by atoms with Crippen LogP contribution in [-0.4, -0.2) is 35.5 Å². The molecule has 0 unspecified atom stereocenters. The number of aromatic nitrogens is 1. The van der Waals surface area contributed by atoms with Gasteiger partial charge in [-0.05, 0) is 26.0 Å². The Kier molecular flexibility index (Phi) is 6.21. The van der Waals surface area contributed by atoms with Crippen molar-refractivity contribution in [3.05, 3.63) is 24.0 Å². The van der Waals surface area contributed by atoms with E-state index < -0.39 is 0 Å². The molecule has 1 amide bonds. The summed E-state index contributed by atoms with van der Waals surface area (Å²) >= 11 is 4.89. The molecule has 0 aliphatic rings. The van der Waals surface area contributed by atoms with E-state index in [4.69, 9.17) is 18.0 Å². The molecule has 0 atom stereocenters. The third kappa shape index (κ3) is 4.82. The largest absolute Gasteiger partial charge is 0.393 e. The van der Waals surface area contributed by atoms with E-state index in [2.05, 4.69) is 15.2 Å². The SMILES string of the molecule is CCNC(=O)c1cc(N(CC)CCC(N)=S)ccn1. The molecule has 1 aromatic heterocycles. The van der Waals surface area contributed by atoms with Crippen molar-refractivity contribution >= 4 is 28.8 Å². The second-order valence-electron chi connectivity index (χ2n) is 4.05. The molecule has 0 radical (unpaired) electrons. The number of carbonyl (C=O) groups excluding carboxylic acids is 1. The van der Waals surface area contributed by atoms with Crippen LogP contribution in [0.2, 0.25) is 0 Å². The highest BCUT2D eigenvalue weighted by molar-refractivity contribution is 7.80. The number of nitrogens with two attached hydrogens (primary N) is 1. The molecule has 1 heterocycles. The Morgan fingerprint density at radius 2 is 2.26 bits per heavy atom. The highest BCUT2D eigenvalue weighted by Gasteiger charge is 2.10. The van der Waals surface area contributed by atoms with Gasteiger partial charge in [-0.1, -0.05) is 12.2 Å². The first-order valence-corrected chi connectivity index (χ1v) is 6.76. The Hall–Kier alpha value is -1.69. The normalized spacial score (nSPS) is 10.0. The van der Waals surface area contributed by atoms with E-state index in [1.54, 1.807) is 12.3 Å². The van der Waals surface area contributed by atoms with Crippen molar-refractivity contribution in [1.82, 2.24) is 10.3 Å². The van der Waals surface area contributed by atoms with E-state index in [1.165, 1.54) is 0 Å². The van der Waals surface area contributed by atoms with Gasteiger partial charge in [-0.15, -0.1) is 0 Å². The van der Waals surface area contributed by atoms with Gasteiger partial charge in [-0.25, -0.2) is 0 Å². The van der Waals surface area contributed by atoms with Gasteiger partial charge in [-0.3, -0.25) is 9.78 Å². The first-order valence-electron chi connectivity index (χ1n) is 6.36. The smallest absolute Gasteiger partial charge is 0.269 e.